The highest BCUT2D eigenvalue weighted by atomic mass is 32.2. The van der Waals surface area contributed by atoms with E-state index in [2.05, 4.69) is 13.8 Å². The molecule has 0 aliphatic rings. The van der Waals surface area contributed by atoms with Crippen molar-refractivity contribution in [2.45, 2.75) is 76.9 Å². The summed E-state index contributed by atoms with van der Waals surface area (Å²) in [6, 6.07) is 0. The van der Waals surface area contributed by atoms with Crippen molar-refractivity contribution in [1.82, 2.24) is 0 Å². The molecule has 0 fully saturated rings. The molecule has 0 aliphatic carbocycles. The Bertz CT molecular complexity index is 128. The van der Waals surface area contributed by atoms with Gasteiger partial charge in [0.05, 0.1) is 0 Å². The van der Waals surface area contributed by atoms with Crippen molar-refractivity contribution >= 4 is 11.8 Å². The van der Waals surface area contributed by atoms with Gasteiger partial charge in [0.2, 0.25) is 0 Å². The molecule has 0 amide bonds. The molecule has 0 saturated carbocycles. The summed E-state index contributed by atoms with van der Waals surface area (Å²) in [6.45, 7) is 4.82. The Labute approximate surface area is 106 Å². The molecule has 0 heterocycles. The third-order valence-electron chi connectivity index (χ3n) is 2.94. The highest BCUT2D eigenvalue weighted by Gasteiger charge is 2.00. The maximum Gasteiger partial charge on any atom is 0.0441 e. The van der Waals surface area contributed by atoms with Crippen molar-refractivity contribution in [3.8, 4) is 0 Å². The first-order valence-electron chi connectivity index (χ1n) is 7.03. The Morgan fingerprint density at radius 2 is 1.50 bits per heavy atom. The lowest BCUT2D eigenvalue weighted by Crippen LogP contribution is -2.00. The Balaban J connectivity index is 2.98. The van der Waals surface area contributed by atoms with E-state index in [1.54, 1.807) is 0 Å². The Morgan fingerprint density at radius 1 is 0.938 bits per heavy atom. The van der Waals surface area contributed by atoms with Crippen LogP contribution in [0.2, 0.25) is 0 Å². The molecule has 0 aromatic carbocycles. The number of unbranched alkanes of at least 4 members (excludes halogenated alkanes) is 7. The maximum atomic E-state index is 8.77. The van der Waals surface area contributed by atoms with E-state index in [1.807, 2.05) is 11.8 Å². The fourth-order valence-corrected chi connectivity index (χ4v) is 2.83. The molecule has 0 saturated heterocycles. The predicted octanol–water partition coefficient (Wildman–Crippen LogP) is 4.63. The standard InChI is InChI=1S/C14H30OS/c1-3-4-5-6-7-8-9-10-13-16-14(2)11-12-15/h14-15H,3-13H2,1-2H3. The number of aliphatic hydroxyl groups excluding tert-OH is 1. The van der Waals surface area contributed by atoms with Crippen molar-refractivity contribution in [1.29, 1.82) is 0 Å². The van der Waals surface area contributed by atoms with Gasteiger partial charge in [0.1, 0.15) is 0 Å². The minimum Gasteiger partial charge on any atom is -0.396 e. The predicted molar refractivity (Wildman–Crippen MR) is 76.2 cm³/mol. The van der Waals surface area contributed by atoms with Gasteiger partial charge in [-0.2, -0.15) is 11.8 Å². The molecular weight excluding hydrogens is 216 g/mol. The van der Waals surface area contributed by atoms with Crippen LogP contribution < -0.4 is 0 Å². The number of hydrogen-bond acceptors (Lipinski definition) is 2. The van der Waals surface area contributed by atoms with E-state index in [0.29, 0.717) is 11.9 Å². The largest absolute Gasteiger partial charge is 0.396 e. The molecule has 0 spiro atoms. The van der Waals surface area contributed by atoms with E-state index in [-0.39, 0.29) is 0 Å². The van der Waals surface area contributed by atoms with Crippen molar-refractivity contribution in [2.75, 3.05) is 12.4 Å². The highest BCUT2D eigenvalue weighted by molar-refractivity contribution is 7.99. The van der Waals surface area contributed by atoms with Crippen LogP contribution in [0.15, 0.2) is 0 Å². The third-order valence-corrected chi connectivity index (χ3v) is 4.27. The number of hydrogen-bond donors (Lipinski definition) is 1. The molecule has 0 aromatic rings. The summed E-state index contributed by atoms with van der Waals surface area (Å²) in [7, 11) is 0. The Kier molecular flexibility index (Phi) is 13.6. The molecule has 0 rings (SSSR count). The zero-order valence-corrected chi connectivity index (χ0v) is 12.0. The third kappa shape index (κ3) is 12.4. The second kappa shape index (κ2) is 13.4. The zero-order valence-electron chi connectivity index (χ0n) is 11.2. The number of rotatable bonds is 12. The molecule has 16 heavy (non-hydrogen) atoms. The summed E-state index contributed by atoms with van der Waals surface area (Å²) in [5.74, 6) is 1.27. The van der Waals surface area contributed by atoms with Crippen LogP contribution in [0.5, 0.6) is 0 Å². The van der Waals surface area contributed by atoms with Gasteiger partial charge in [-0.25, -0.2) is 0 Å². The lowest BCUT2D eigenvalue weighted by molar-refractivity contribution is 0.289. The molecule has 1 atom stereocenters. The van der Waals surface area contributed by atoms with E-state index < -0.39 is 0 Å². The van der Waals surface area contributed by atoms with Gasteiger partial charge in [0.25, 0.3) is 0 Å². The van der Waals surface area contributed by atoms with Gasteiger partial charge in [0.15, 0.2) is 0 Å². The summed E-state index contributed by atoms with van der Waals surface area (Å²) < 4.78 is 0. The Morgan fingerprint density at radius 3 is 2.06 bits per heavy atom. The second-order valence-corrected chi connectivity index (χ2v) is 6.21. The minimum atomic E-state index is 0.339. The van der Waals surface area contributed by atoms with Gasteiger partial charge >= 0.3 is 0 Å². The van der Waals surface area contributed by atoms with Crippen LogP contribution in [0.3, 0.4) is 0 Å². The highest BCUT2D eigenvalue weighted by Crippen LogP contribution is 2.16. The molecule has 0 aliphatic heterocycles. The van der Waals surface area contributed by atoms with Crippen molar-refractivity contribution in [3.05, 3.63) is 0 Å². The van der Waals surface area contributed by atoms with Gasteiger partial charge in [-0.15, -0.1) is 0 Å². The molecule has 0 radical (unpaired) electrons. The Hall–Kier alpha value is 0.310. The molecule has 1 N–H and O–H groups in total. The number of aliphatic hydroxyl groups is 1. The molecular formula is C14H30OS. The fourth-order valence-electron chi connectivity index (χ4n) is 1.79. The van der Waals surface area contributed by atoms with Crippen LogP contribution >= 0.6 is 11.8 Å². The van der Waals surface area contributed by atoms with Gasteiger partial charge in [-0.1, -0.05) is 58.8 Å². The van der Waals surface area contributed by atoms with Gasteiger partial charge in [0, 0.05) is 11.9 Å². The van der Waals surface area contributed by atoms with Gasteiger partial charge in [-0.05, 0) is 18.6 Å². The summed E-state index contributed by atoms with van der Waals surface area (Å²) in [4.78, 5) is 0. The van der Waals surface area contributed by atoms with Crippen LogP contribution in [0.1, 0.15) is 71.6 Å². The van der Waals surface area contributed by atoms with Gasteiger partial charge < -0.3 is 5.11 Å². The van der Waals surface area contributed by atoms with E-state index in [4.69, 9.17) is 5.11 Å². The quantitative estimate of drug-likeness (QED) is 0.507. The lowest BCUT2D eigenvalue weighted by atomic mass is 10.1. The monoisotopic (exact) mass is 246 g/mol. The molecule has 98 valence electrons. The van der Waals surface area contributed by atoms with Crippen LogP contribution in [0.25, 0.3) is 0 Å². The van der Waals surface area contributed by atoms with Crippen molar-refractivity contribution in [2.24, 2.45) is 0 Å². The molecule has 0 bridgehead atoms. The van der Waals surface area contributed by atoms with E-state index >= 15 is 0 Å². The first-order valence-corrected chi connectivity index (χ1v) is 8.08. The maximum absolute atomic E-state index is 8.77. The molecule has 0 aromatic heterocycles. The molecule has 1 nitrogen and oxygen atoms in total. The summed E-state index contributed by atoms with van der Waals surface area (Å²) >= 11 is 2.01. The number of thioether (sulfide) groups is 1. The summed E-state index contributed by atoms with van der Waals surface area (Å²) in [5, 5.41) is 9.40. The van der Waals surface area contributed by atoms with Crippen molar-refractivity contribution < 1.29 is 5.11 Å². The first kappa shape index (κ1) is 16.3. The van der Waals surface area contributed by atoms with Crippen LogP contribution in [-0.2, 0) is 0 Å². The van der Waals surface area contributed by atoms with Crippen LogP contribution in [-0.4, -0.2) is 22.7 Å². The normalized spacial score (nSPS) is 12.9. The molecule has 2 heteroatoms. The SMILES string of the molecule is CCCCCCCCCCSC(C)CCO. The van der Waals surface area contributed by atoms with Crippen LogP contribution in [0.4, 0.5) is 0 Å². The summed E-state index contributed by atoms with van der Waals surface area (Å²) in [5.41, 5.74) is 0. The minimum absolute atomic E-state index is 0.339. The smallest absolute Gasteiger partial charge is 0.0441 e. The summed E-state index contributed by atoms with van der Waals surface area (Å²) in [6.07, 6.45) is 12.2. The second-order valence-electron chi connectivity index (χ2n) is 4.67. The van der Waals surface area contributed by atoms with E-state index in [9.17, 15) is 0 Å². The average molecular weight is 246 g/mol. The van der Waals surface area contributed by atoms with Gasteiger partial charge in [-0.3, -0.25) is 0 Å². The zero-order chi connectivity index (χ0) is 12.1. The van der Waals surface area contributed by atoms with Crippen LogP contribution in [0, 0.1) is 0 Å². The topological polar surface area (TPSA) is 20.2 Å². The fraction of sp³-hybridized carbons (Fsp3) is 1.00. The molecule has 1 unspecified atom stereocenters. The van der Waals surface area contributed by atoms with E-state index in [1.165, 1.54) is 57.1 Å². The van der Waals surface area contributed by atoms with Crippen molar-refractivity contribution in [3.63, 3.8) is 0 Å². The lowest BCUT2D eigenvalue weighted by Gasteiger charge is -2.08. The first-order chi connectivity index (χ1) is 7.81. The van der Waals surface area contributed by atoms with E-state index in [0.717, 1.165) is 6.42 Å². The average Bonchev–Trinajstić information content (AvgIpc) is 2.27.